The maximum atomic E-state index is 13.7. The van der Waals surface area contributed by atoms with E-state index in [1.807, 2.05) is 24.3 Å². The van der Waals surface area contributed by atoms with Crippen LogP contribution in [-0.2, 0) is 20.8 Å². The molecule has 0 radical (unpaired) electrons. The third-order valence-corrected chi connectivity index (χ3v) is 5.62. The van der Waals surface area contributed by atoms with E-state index in [0.717, 1.165) is 12.5 Å². The number of hydrogen-bond donors (Lipinski definition) is 3. The van der Waals surface area contributed by atoms with Crippen LogP contribution >= 0.6 is 15.9 Å². The average molecular weight is 585 g/mol. The minimum Gasteiger partial charge on any atom is -0.490 e. The molecular weight excluding hydrogens is 559 g/mol. The fourth-order valence-corrected chi connectivity index (χ4v) is 3.76. The summed E-state index contributed by atoms with van der Waals surface area (Å²) in [6, 6.07) is 16.2. The number of halogens is 2. The van der Waals surface area contributed by atoms with E-state index in [1.54, 1.807) is 19.1 Å². The smallest absolute Gasteiger partial charge is 0.329 e. The molecule has 3 amide bonds. The Morgan fingerprint density at radius 2 is 1.71 bits per heavy atom. The number of carbonyl (C=O) groups excluding carboxylic acids is 3. The predicted molar refractivity (Wildman–Crippen MR) is 146 cm³/mol. The molecule has 0 spiro atoms. The molecule has 0 heterocycles. The number of para-hydroxylation sites is 1. The van der Waals surface area contributed by atoms with Crippen molar-refractivity contribution in [2.24, 2.45) is 5.10 Å². The topological polar surface area (TPSA) is 118 Å². The first kappa shape index (κ1) is 28.3. The predicted octanol–water partition coefficient (Wildman–Crippen LogP) is 4.66. The second kappa shape index (κ2) is 13.9. The summed E-state index contributed by atoms with van der Waals surface area (Å²) >= 11 is 3.40. The van der Waals surface area contributed by atoms with Gasteiger partial charge in [0.1, 0.15) is 5.82 Å². The summed E-state index contributed by atoms with van der Waals surface area (Å²) in [6.45, 7) is 3.91. The number of anilines is 2. The van der Waals surface area contributed by atoms with Crippen LogP contribution in [0.3, 0.4) is 0 Å². The van der Waals surface area contributed by atoms with E-state index in [1.165, 1.54) is 30.0 Å². The SMILES string of the molecule is CCOc1cc(/C=N\NC(=O)C(=O)Nc2ccccc2F)cc(Br)c1OCC(=O)Nc1ccc(CC)cc1. The highest BCUT2D eigenvalue weighted by atomic mass is 79.9. The van der Waals surface area contributed by atoms with Gasteiger partial charge < -0.3 is 20.1 Å². The Bertz CT molecular complexity index is 1330. The zero-order valence-corrected chi connectivity index (χ0v) is 22.3. The van der Waals surface area contributed by atoms with E-state index in [4.69, 9.17) is 9.47 Å². The molecule has 11 heteroatoms. The molecule has 198 valence electrons. The van der Waals surface area contributed by atoms with Crippen molar-refractivity contribution < 1.29 is 28.2 Å². The molecule has 3 rings (SSSR count). The molecule has 0 atom stereocenters. The third kappa shape index (κ3) is 8.13. The normalized spacial score (nSPS) is 10.6. The number of benzene rings is 3. The Balaban J connectivity index is 1.60. The van der Waals surface area contributed by atoms with Gasteiger partial charge in [-0.25, -0.2) is 9.82 Å². The zero-order valence-electron chi connectivity index (χ0n) is 20.7. The number of carbonyl (C=O) groups is 3. The molecule has 0 aromatic heterocycles. The first-order valence-electron chi connectivity index (χ1n) is 11.7. The standard InChI is InChI=1S/C27H26BrFN4O5/c1-3-17-9-11-19(12-10-17)31-24(34)16-38-25-20(28)13-18(14-23(25)37-4-2)15-30-33-27(36)26(35)32-22-8-6-5-7-21(22)29/h5-15H,3-4,16H2,1-2H3,(H,31,34)(H,32,35)(H,33,36)/b30-15-. The van der Waals surface area contributed by atoms with Crippen molar-refractivity contribution in [3.63, 3.8) is 0 Å². The lowest BCUT2D eigenvalue weighted by molar-refractivity contribution is -0.136. The molecule has 3 aromatic rings. The van der Waals surface area contributed by atoms with Crippen LogP contribution in [0.4, 0.5) is 15.8 Å². The molecule has 3 N–H and O–H groups in total. The van der Waals surface area contributed by atoms with Gasteiger partial charge in [0, 0.05) is 5.69 Å². The van der Waals surface area contributed by atoms with Gasteiger partial charge >= 0.3 is 11.8 Å². The number of hydrazone groups is 1. The lowest BCUT2D eigenvalue weighted by Crippen LogP contribution is -2.32. The number of ether oxygens (including phenoxy) is 2. The van der Waals surface area contributed by atoms with Gasteiger partial charge in [0.2, 0.25) is 0 Å². The molecule has 0 aliphatic heterocycles. The van der Waals surface area contributed by atoms with Gasteiger partial charge in [-0.3, -0.25) is 14.4 Å². The molecule has 0 aliphatic carbocycles. The van der Waals surface area contributed by atoms with E-state index in [0.29, 0.717) is 33.8 Å². The first-order valence-corrected chi connectivity index (χ1v) is 12.5. The van der Waals surface area contributed by atoms with Crippen LogP contribution in [0.5, 0.6) is 11.5 Å². The van der Waals surface area contributed by atoms with Gasteiger partial charge in [-0.05, 0) is 76.8 Å². The Hall–Kier alpha value is -4.25. The van der Waals surface area contributed by atoms with Crippen LogP contribution < -0.4 is 25.5 Å². The fourth-order valence-electron chi connectivity index (χ4n) is 3.18. The molecule has 0 saturated heterocycles. The molecule has 0 aliphatic rings. The summed E-state index contributed by atoms with van der Waals surface area (Å²) < 4.78 is 25.5. The summed E-state index contributed by atoms with van der Waals surface area (Å²) in [5.74, 6) is -2.52. The number of rotatable bonds is 10. The highest BCUT2D eigenvalue weighted by Crippen LogP contribution is 2.36. The fraction of sp³-hybridized carbons (Fsp3) is 0.185. The van der Waals surface area contributed by atoms with Crippen molar-refractivity contribution in [3.8, 4) is 11.5 Å². The van der Waals surface area contributed by atoms with Crippen molar-refractivity contribution in [2.75, 3.05) is 23.8 Å². The lowest BCUT2D eigenvalue weighted by atomic mass is 10.1. The lowest BCUT2D eigenvalue weighted by Gasteiger charge is -2.14. The number of amides is 3. The summed E-state index contributed by atoms with van der Waals surface area (Å²) in [4.78, 5) is 36.4. The summed E-state index contributed by atoms with van der Waals surface area (Å²) in [5.41, 5.74) is 4.29. The van der Waals surface area contributed by atoms with Crippen LogP contribution in [-0.4, -0.2) is 37.1 Å². The second-order valence-electron chi connectivity index (χ2n) is 7.78. The maximum absolute atomic E-state index is 13.7. The Labute approximate surface area is 227 Å². The Kier molecular flexibility index (Phi) is 10.4. The molecule has 38 heavy (non-hydrogen) atoms. The highest BCUT2D eigenvalue weighted by Gasteiger charge is 2.16. The van der Waals surface area contributed by atoms with E-state index < -0.39 is 17.6 Å². The molecule has 9 nitrogen and oxygen atoms in total. The second-order valence-corrected chi connectivity index (χ2v) is 8.64. The largest absolute Gasteiger partial charge is 0.490 e. The van der Waals surface area contributed by atoms with Crippen LogP contribution in [0, 0.1) is 5.82 Å². The summed E-state index contributed by atoms with van der Waals surface area (Å²) in [7, 11) is 0. The number of nitrogens with zero attached hydrogens (tertiary/aromatic N) is 1. The van der Waals surface area contributed by atoms with Crippen LogP contribution in [0.2, 0.25) is 0 Å². The van der Waals surface area contributed by atoms with E-state index >= 15 is 0 Å². The number of aryl methyl sites for hydroxylation is 1. The number of hydrogen-bond acceptors (Lipinski definition) is 6. The third-order valence-electron chi connectivity index (χ3n) is 5.03. The van der Waals surface area contributed by atoms with Crippen molar-refractivity contribution in [2.45, 2.75) is 20.3 Å². The van der Waals surface area contributed by atoms with Crippen molar-refractivity contribution in [1.82, 2.24) is 5.43 Å². The monoisotopic (exact) mass is 584 g/mol. The molecule has 0 saturated carbocycles. The molecule has 0 unspecified atom stereocenters. The van der Waals surface area contributed by atoms with Gasteiger partial charge in [0.15, 0.2) is 18.1 Å². The van der Waals surface area contributed by atoms with Gasteiger partial charge in [-0.15, -0.1) is 0 Å². The molecule has 0 fully saturated rings. The minimum atomic E-state index is -1.08. The van der Waals surface area contributed by atoms with Crippen LogP contribution in [0.1, 0.15) is 25.0 Å². The van der Waals surface area contributed by atoms with Crippen LogP contribution in [0.25, 0.3) is 0 Å². The van der Waals surface area contributed by atoms with Gasteiger partial charge in [-0.2, -0.15) is 5.10 Å². The Morgan fingerprint density at radius 3 is 2.39 bits per heavy atom. The van der Waals surface area contributed by atoms with Crippen molar-refractivity contribution in [3.05, 3.63) is 82.1 Å². The van der Waals surface area contributed by atoms with Crippen molar-refractivity contribution >= 4 is 51.2 Å². The van der Waals surface area contributed by atoms with E-state index in [9.17, 15) is 18.8 Å². The highest BCUT2D eigenvalue weighted by molar-refractivity contribution is 9.10. The summed E-state index contributed by atoms with van der Waals surface area (Å²) in [5, 5.41) is 8.72. The van der Waals surface area contributed by atoms with E-state index in [-0.39, 0.29) is 18.2 Å². The summed E-state index contributed by atoms with van der Waals surface area (Å²) in [6.07, 6.45) is 2.20. The average Bonchev–Trinajstić information content (AvgIpc) is 2.90. The van der Waals surface area contributed by atoms with Gasteiger partial charge in [0.05, 0.1) is 23.0 Å². The maximum Gasteiger partial charge on any atom is 0.329 e. The van der Waals surface area contributed by atoms with Gasteiger partial charge in [0.25, 0.3) is 5.91 Å². The number of nitrogens with one attached hydrogen (secondary N) is 3. The zero-order chi connectivity index (χ0) is 27.5. The van der Waals surface area contributed by atoms with Gasteiger partial charge in [-0.1, -0.05) is 31.2 Å². The molecule has 0 bridgehead atoms. The van der Waals surface area contributed by atoms with Crippen LogP contribution in [0.15, 0.2) is 70.2 Å². The molecule has 3 aromatic carbocycles. The quantitative estimate of drug-likeness (QED) is 0.182. The first-order chi connectivity index (χ1) is 18.3. The minimum absolute atomic E-state index is 0.124. The van der Waals surface area contributed by atoms with Crippen molar-refractivity contribution in [1.29, 1.82) is 0 Å². The Morgan fingerprint density at radius 1 is 0.974 bits per heavy atom. The molecular formula is C27H26BrFN4O5. The van der Waals surface area contributed by atoms with E-state index in [2.05, 4.69) is 44.0 Å².